The number of aryl methyl sites for hydroxylation is 4. The molecule has 0 aliphatic rings. The molecule has 2 aromatic heterocycles. The van der Waals surface area contributed by atoms with E-state index in [1.54, 1.807) is 0 Å². The van der Waals surface area contributed by atoms with Crippen LogP contribution in [0.4, 0.5) is 0 Å². The third-order valence-electron chi connectivity index (χ3n) is 13.0. The van der Waals surface area contributed by atoms with Crippen molar-refractivity contribution >= 4 is 43.6 Å². The quantitative estimate of drug-likeness (QED) is 0.147. The van der Waals surface area contributed by atoms with Crippen LogP contribution in [0.25, 0.3) is 65.9 Å². The lowest BCUT2D eigenvalue weighted by Gasteiger charge is -2.33. The Morgan fingerprint density at radius 3 is 1.09 bits per heavy atom. The van der Waals surface area contributed by atoms with Gasteiger partial charge in [-0.05, 0) is 120 Å². The predicted molar refractivity (Wildman–Crippen MR) is 241 cm³/mol. The first-order valence-corrected chi connectivity index (χ1v) is 20.4. The molecular formula is C54H52N2. The number of aromatic nitrogens is 2. The fourth-order valence-electron chi connectivity index (χ4n) is 9.78. The van der Waals surface area contributed by atoms with Crippen molar-refractivity contribution in [1.82, 2.24) is 9.13 Å². The lowest BCUT2D eigenvalue weighted by molar-refractivity contribution is 0.618. The molecule has 0 fully saturated rings. The Hall–Kier alpha value is -5.86. The van der Waals surface area contributed by atoms with Gasteiger partial charge in [0, 0.05) is 67.5 Å². The van der Waals surface area contributed by atoms with Gasteiger partial charge in [-0.2, -0.15) is 0 Å². The molecule has 2 heterocycles. The highest BCUT2D eigenvalue weighted by molar-refractivity contribution is 6.10. The lowest BCUT2D eigenvalue weighted by atomic mass is 9.71. The third kappa shape index (κ3) is 5.61. The molecule has 9 rings (SSSR count). The predicted octanol–water partition coefficient (Wildman–Crippen LogP) is 14.5. The molecular weight excluding hydrogens is 677 g/mol. The van der Waals surface area contributed by atoms with Crippen LogP contribution < -0.4 is 0 Å². The van der Waals surface area contributed by atoms with Crippen molar-refractivity contribution in [2.45, 2.75) is 79.3 Å². The maximum Gasteiger partial charge on any atom is 0.0491 e. The average Bonchev–Trinajstić information content (AvgIpc) is 3.72. The first-order chi connectivity index (χ1) is 27.0. The first-order valence-electron chi connectivity index (χ1n) is 20.4. The van der Waals surface area contributed by atoms with Crippen molar-refractivity contribution in [3.63, 3.8) is 0 Å². The number of hydrogen-bond acceptors (Lipinski definition) is 0. The van der Waals surface area contributed by atoms with E-state index in [1.165, 1.54) is 99.2 Å². The maximum absolute atomic E-state index is 2.45. The number of benzene rings is 7. The van der Waals surface area contributed by atoms with E-state index in [1.807, 2.05) is 0 Å². The number of fused-ring (bicyclic) bond motifs is 6. The molecule has 0 bridgehead atoms. The van der Waals surface area contributed by atoms with E-state index in [9.17, 15) is 0 Å². The highest BCUT2D eigenvalue weighted by Gasteiger charge is 2.30. The zero-order chi connectivity index (χ0) is 38.9. The van der Waals surface area contributed by atoms with Crippen LogP contribution in [0.3, 0.4) is 0 Å². The summed E-state index contributed by atoms with van der Waals surface area (Å²) >= 11 is 0. The van der Waals surface area contributed by atoms with Gasteiger partial charge >= 0.3 is 0 Å². The van der Waals surface area contributed by atoms with Gasteiger partial charge in [0.25, 0.3) is 0 Å². The molecule has 0 spiro atoms. The maximum atomic E-state index is 2.45. The highest BCUT2D eigenvalue weighted by atomic mass is 15.0. The summed E-state index contributed by atoms with van der Waals surface area (Å²) in [5.74, 6) is 0. The first kappa shape index (κ1) is 35.8. The minimum Gasteiger partial charge on any atom is -0.341 e. The summed E-state index contributed by atoms with van der Waals surface area (Å²) in [6.45, 7) is 20.4. The van der Waals surface area contributed by atoms with Crippen LogP contribution in [0.1, 0.15) is 74.9 Å². The molecule has 278 valence electrons. The summed E-state index contributed by atoms with van der Waals surface area (Å²) in [6.07, 6.45) is 0. The normalized spacial score (nSPS) is 12.4. The van der Waals surface area contributed by atoms with Crippen LogP contribution >= 0.6 is 0 Å². The van der Waals surface area contributed by atoms with Crippen molar-refractivity contribution in [3.8, 4) is 22.3 Å². The van der Waals surface area contributed by atoms with E-state index < -0.39 is 0 Å². The Balaban J connectivity index is 0.987. The number of para-hydroxylation sites is 2. The molecule has 9 aromatic rings. The van der Waals surface area contributed by atoms with Crippen LogP contribution in [0, 0.1) is 13.8 Å². The van der Waals surface area contributed by atoms with Crippen molar-refractivity contribution in [2.24, 2.45) is 0 Å². The van der Waals surface area contributed by atoms with Gasteiger partial charge < -0.3 is 9.13 Å². The molecule has 7 aromatic carbocycles. The summed E-state index contributed by atoms with van der Waals surface area (Å²) in [5, 5.41) is 5.29. The van der Waals surface area contributed by atoms with E-state index in [-0.39, 0.29) is 10.8 Å². The molecule has 0 unspecified atom stereocenters. The SMILES string of the molecule is CCn1c2ccccc2c2cc(-c3ccc(C(C)(C)c4cc(C)c(C(C)(C)c5ccc(-c6ccc7c(c6)c6ccccc6n7CC)cc5)cc4C)cc3)ccc21. The van der Waals surface area contributed by atoms with Gasteiger partial charge in [-0.1, -0.05) is 137 Å². The third-order valence-corrected chi connectivity index (χ3v) is 13.0. The molecule has 0 N–H and O–H groups in total. The lowest BCUT2D eigenvalue weighted by Crippen LogP contribution is -2.24. The molecule has 2 heteroatoms. The molecule has 0 atom stereocenters. The zero-order valence-electron chi connectivity index (χ0n) is 34.2. The van der Waals surface area contributed by atoms with Crippen LogP contribution in [0.5, 0.6) is 0 Å². The summed E-state index contributed by atoms with van der Waals surface area (Å²) in [6, 6.07) is 54.9. The highest BCUT2D eigenvalue weighted by Crippen LogP contribution is 2.41. The Morgan fingerprint density at radius 1 is 0.375 bits per heavy atom. The molecule has 2 nitrogen and oxygen atoms in total. The second-order valence-electron chi connectivity index (χ2n) is 16.9. The number of rotatable bonds is 8. The van der Waals surface area contributed by atoms with Crippen LogP contribution in [-0.2, 0) is 23.9 Å². The van der Waals surface area contributed by atoms with Crippen molar-refractivity contribution in [3.05, 3.63) is 179 Å². The van der Waals surface area contributed by atoms with Crippen LogP contribution in [0.2, 0.25) is 0 Å². The van der Waals surface area contributed by atoms with Gasteiger partial charge in [-0.3, -0.25) is 0 Å². The fourth-order valence-corrected chi connectivity index (χ4v) is 9.78. The van der Waals surface area contributed by atoms with E-state index in [0.29, 0.717) is 0 Å². The molecule has 0 amide bonds. The van der Waals surface area contributed by atoms with Gasteiger partial charge in [0.2, 0.25) is 0 Å². The zero-order valence-corrected chi connectivity index (χ0v) is 34.2. The van der Waals surface area contributed by atoms with Gasteiger partial charge in [0.1, 0.15) is 0 Å². The topological polar surface area (TPSA) is 9.86 Å². The Labute approximate surface area is 332 Å². The summed E-state index contributed by atoms with van der Waals surface area (Å²) < 4.78 is 4.84. The van der Waals surface area contributed by atoms with Gasteiger partial charge in [-0.15, -0.1) is 0 Å². The average molecular weight is 729 g/mol. The van der Waals surface area contributed by atoms with E-state index >= 15 is 0 Å². The Morgan fingerprint density at radius 2 is 0.714 bits per heavy atom. The summed E-state index contributed by atoms with van der Waals surface area (Å²) in [5.41, 5.74) is 18.0. The second kappa shape index (κ2) is 13.4. The minimum atomic E-state index is -0.152. The van der Waals surface area contributed by atoms with Crippen molar-refractivity contribution in [2.75, 3.05) is 0 Å². The van der Waals surface area contributed by atoms with E-state index in [0.717, 1.165) is 13.1 Å². The largest absolute Gasteiger partial charge is 0.341 e. The van der Waals surface area contributed by atoms with Crippen LogP contribution in [-0.4, -0.2) is 9.13 Å². The molecule has 0 radical (unpaired) electrons. The van der Waals surface area contributed by atoms with Crippen LogP contribution in [0.15, 0.2) is 146 Å². The van der Waals surface area contributed by atoms with Crippen molar-refractivity contribution in [1.29, 1.82) is 0 Å². The summed E-state index contributed by atoms with van der Waals surface area (Å²) in [4.78, 5) is 0. The smallest absolute Gasteiger partial charge is 0.0491 e. The molecule has 0 saturated carbocycles. The number of hydrogen-bond donors (Lipinski definition) is 0. The second-order valence-corrected chi connectivity index (χ2v) is 16.9. The minimum absolute atomic E-state index is 0.152. The molecule has 0 aliphatic carbocycles. The molecule has 0 saturated heterocycles. The Kier molecular flexibility index (Phi) is 8.58. The van der Waals surface area contributed by atoms with Crippen molar-refractivity contribution < 1.29 is 0 Å². The van der Waals surface area contributed by atoms with Gasteiger partial charge in [0.05, 0.1) is 0 Å². The van der Waals surface area contributed by atoms with E-state index in [2.05, 4.69) is 210 Å². The standard InChI is InChI=1S/C54H52N2/c1-9-55-49-17-13-11-15-43(49)45-33-39(23-29-51(45)55)37-19-25-41(26-20-37)53(5,6)47-31-36(4)48(32-35(47)3)54(7,8)42-27-21-38(22-28-42)40-24-30-52-46(34-40)44-16-12-14-18-50(44)56(52)10-2/h11-34H,9-10H2,1-8H3. The molecule has 0 aliphatic heterocycles. The number of nitrogens with zero attached hydrogens (tertiary/aromatic N) is 2. The van der Waals surface area contributed by atoms with Gasteiger partial charge in [-0.25, -0.2) is 0 Å². The monoisotopic (exact) mass is 728 g/mol. The van der Waals surface area contributed by atoms with Gasteiger partial charge in [0.15, 0.2) is 0 Å². The fraction of sp³-hybridized carbons (Fsp3) is 0.222. The van der Waals surface area contributed by atoms with E-state index in [4.69, 9.17) is 0 Å². The molecule has 56 heavy (non-hydrogen) atoms. The Bertz CT molecular complexity index is 2730. The summed E-state index contributed by atoms with van der Waals surface area (Å²) in [7, 11) is 0.